The number of aliphatic hydroxyl groups is 2. The summed E-state index contributed by atoms with van der Waals surface area (Å²) in [5.41, 5.74) is 0.179. The van der Waals surface area contributed by atoms with Crippen LogP contribution in [0.1, 0.15) is 31.2 Å². The van der Waals surface area contributed by atoms with Gasteiger partial charge >= 0.3 is 0 Å². The molecule has 1 aliphatic carbocycles. The largest absolute Gasteiger partial charge is 0.390 e. The van der Waals surface area contributed by atoms with Crippen LogP contribution in [-0.2, 0) is 14.9 Å². The van der Waals surface area contributed by atoms with E-state index < -0.39 is 17.6 Å². The van der Waals surface area contributed by atoms with Gasteiger partial charge in [0.15, 0.2) is 0 Å². The average Bonchev–Trinajstić information content (AvgIpc) is 3.05. The Balaban J connectivity index is 1.59. The van der Waals surface area contributed by atoms with E-state index in [9.17, 15) is 19.4 Å². The highest BCUT2D eigenvalue weighted by Gasteiger charge is 2.49. The fourth-order valence-corrected chi connectivity index (χ4v) is 4.99. The first-order valence-electron chi connectivity index (χ1n) is 9.49. The molecular weight excluding hydrogens is 337 g/mol. The van der Waals surface area contributed by atoms with Crippen LogP contribution in [0, 0.1) is 17.7 Å². The monoisotopic (exact) mass is 363 g/mol. The number of hydrogen-bond donors (Lipinski definition) is 2. The Morgan fingerprint density at radius 1 is 1.04 bits per heavy atom. The number of fused-ring (bicyclic) bond motifs is 1. The van der Waals surface area contributed by atoms with Crippen LogP contribution in [0.5, 0.6) is 0 Å². The molecule has 5 nitrogen and oxygen atoms in total. The summed E-state index contributed by atoms with van der Waals surface area (Å²) >= 11 is 0. The third-order valence-corrected chi connectivity index (χ3v) is 6.55. The molecule has 6 heteroatoms. The normalized spacial score (nSPS) is 33.7. The number of nitrogens with zero attached hydrogens (tertiary/aromatic N) is 1. The number of aliphatic hydroxyl groups excluding tert-OH is 2. The van der Waals surface area contributed by atoms with E-state index in [1.807, 2.05) is 4.90 Å². The SMILES string of the molecule is O=C(N1C[C@H]2C[C@H](O)[C@@H](O)C[C@H]2C1)C1(c2ccc(F)cc2)CCOCC1. The van der Waals surface area contributed by atoms with Crippen molar-refractivity contribution in [1.82, 2.24) is 4.90 Å². The summed E-state index contributed by atoms with van der Waals surface area (Å²) in [4.78, 5) is 15.5. The van der Waals surface area contributed by atoms with Gasteiger partial charge in [0.2, 0.25) is 5.91 Å². The summed E-state index contributed by atoms with van der Waals surface area (Å²) in [6.45, 7) is 2.27. The molecule has 0 radical (unpaired) electrons. The van der Waals surface area contributed by atoms with Crippen molar-refractivity contribution in [2.45, 2.75) is 43.3 Å². The van der Waals surface area contributed by atoms with Gasteiger partial charge in [-0.05, 0) is 55.2 Å². The maximum atomic E-state index is 13.6. The Morgan fingerprint density at radius 2 is 1.58 bits per heavy atom. The first-order valence-corrected chi connectivity index (χ1v) is 9.49. The molecule has 1 aromatic carbocycles. The van der Waals surface area contributed by atoms with Crippen molar-refractivity contribution in [3.05, 3.63) is 35.6 Å². The van der Waals surface area contributed by atoms with Crippen LogP contribution >= 0.6 is 0 Å². The number of carbonyl (C=O) groups is 1. The number of benzene rings is 1. The van der Waals surface area contributed by atoms with Crippen LogP contribution in [-0.4, -0.2) is 59.5 Å². The summed E-state index contributed by atoms with van der Waals surface area (Å²) in [5, 5.41) is 19.9. The van der Waals surface area contributed by atoms with Crippen molar-refractivity contribution >= 4 is 5.91 Å². The molecule has 1 aromatic rings. The maximum absolute atomic E-state index is 13.6. The molecule has 4 rings (SSSR count). The molecule has 26 heavy (non-hydrogen) atoms. The zero-order chi connectivity index (χ0) is 18.3. The highest BCUT2D eigenvalue weighted by Crippen LogP contribution is 2.42. The molecule has 0 spiro atoms. The molecule has 2 saturated heterocycles. The quantitative estimate of drug-likeness (QED) is 0.835. The maximum Gasteiger partial charge on any atom is 0.233 e. The topological polar surface area (TPSA) is 70.0 Å². The molecule has 4 atom stereocenters. The van der Waals surface area contributed by atoms with Gasteiger partial charge < -0.3 is 19.8 Å². The predicted octanol–water partition coefficient (Wildman–Crippen LogP) is 1.46. The summed E-state index contributed by atoms with van der Waals surface area (Å²) in [6.07, 6.45) is 0.883. The van der Waals surface area contributed by atoms with Gasteiger partial charge in [-0.3, -0.25) is 4.79 Å². The minimum absolute atomic E-state index is 0.0748. The second-order valence-corrected chi connectivity index (χ2v) is 8.04. The van der Waals surface area contributed by atoms with Crippen LogP contribution in [0.25, 0.3) is 0 Å². The van der Waals surface area contributed by atoms with E-state index in [0.29, 0.717) is 52.0 Å². The van der Waals surface area contributed by atoms with Crippen molar-refractivity contribution in [2.24, 2.45) is 11.8 Å². The van der Waals surface area contributed by atoms with Crippen LogP contribution in [0.15, 0.2) is 24.3 Å². The lowest BCUT2D eigenvalue weighted by Gasteiger charge is -2.39. The molecule has 0 bridgehead atoms. The Morgan fingerprint density at radius 3 is 2.12 bits per heavy atom. The third kappa shape index (κ3) is 3.04. The second-order valence-electron chi connectivity index (χ2n) is 8.04. The van der Waals surface area contributed by atoms with E-state index in [1.165, 1.54) is 12.1 Å². The van der Waals surface area contributed by atoms with Crippen LogP contribution in [0.2, 0.25) is 0 Å². The zero-order valence-corrected chi connectivity index (χ0v) is 14.8. The van der Waals surface area contributed by atoms with Crippen LogP contribution < -0.4 is 0 Å². The standard InChI is InChI=1S/C20H26FNO4/c21-16-3-1-15(2-4-16)20(5-7-26-8-6-20)19(25)22-11-13-9-17(23)18(24)10-14(13)12-22/h1-4,13-14,17-18,23-24H,5-12H2/t13-,14+,17-,18-/m0/s1. The highest BCUT2D eigenvalue weighted by atomic mass is 19.1. The molecule has 3 aliphatic rings. The first kappa shape index (κ1) is 17.9. The molecule has 0 aromatic heterocycles. The number of amides is 1. The lowest BCUT2D eigenvalue weighted by atomic mass is 9.73. The summed E-state index contributed by atoms with van der Waals surface area (Å²) in [6, 6.07) is 6.26. The Kier molecular flexibility index (Phi) is 4.75. The van der Waals surface area contributed by atoms with E-state index in [2.05, 4.69) is 0 Å². The molecule has 0 unspecified atom stereocenters. The number of hydrogen-bond acceptors (Lipinski definition) is 4. The number of halogens is 1. The minimum Gasteiger partial charge on any atom is -0.390 e. The average molecular weight is 363 g/mol. The Labute approximate surface area is 152 Å². The fourth-order valence-electron chi connectivity index (χ4n) is 4.99. The molecule has 142 valence electrons. The lowest BCUT2D eigenvalue weighted by Crippen LogP contribution is -2.49. The smallest absolute Gasteiger partial charge is 0.233 e. The van der Waals surface area contributed by atoms with Crippen LogP contribution in [0.4, 0.5) is 4.39 Å². The number of likely N-dealkylation sites (tertiary alicyclic amines) is 1. The number of ether oxygens (including phenoxy) is 1. The van der Waals surface area contributed by atoms with Gasteiger partial charge in [-0.25, -0.2) is 4.39 Å². The van der Waals surface area contributed by atoms with Crippen molar-refractivity contribution in [3.63, 3.8) is 0 Å². The first-order chi connectivity index (χ1) is 12.5. The summed E-state index contributed by atoms with van der Waals surface area (Å²) in [7, 11) is 0. The molecule has 3 fully saturated rings. The van der Waals surface area contributed by atoms with Gasteiger partial charge in [0.05, 0.1) is 17.6 Å². The van der Waals surface area contributed by atoms with Crippen molar-refractivity contribution in [3.8, 4) is 0 Å². The Hall–Kier alpha value is -1.50. The highest BCUT2D eigenvalue weighted by molar-refractivity contribution is 5.88. The van der Waals surface area contributed by atoms with E-state index in [4.69, 9.17) is 4.74 Å². The second kappa shape index (κ2) is 6.91. The molecule has 2 aliphatic heterocycles. The minimum atomic E-state index is -0.694. The van der Waals surface area contributed by atoms with Crippen molar-refractivity contribution in [2.75, 3.05) is 26.3 Å². The van der Waals surface area contributed by atoms with E-state index in [0.717, 1.165) is 5.56 Å². The molecule has 2 N–H and O–H groups in total. The summed E-state index contributed by atoms with van der Waals surface area (Å²) < 4.78 is 18.9. The molecule has 2 heterocycles. The zero-order valence-electron chi connectivity index (χ0n) is 14.8. The van der Waals surface area contributed by atoms with Gasteiger partial charge in [0.1, 0.15) is 5.82 Å². The van der Waals surface area contributed by atoms with Gasteiger partial charge in [-0.15, -0.1) is 0 Å². The van der Waals surface area contributed by atoms with Gasteiger partial charge in [0.25, 0.3) is 0 Å². The van der Waals surface area contributed by atoms with E-state index in [1.54, 1.807) is 12.1 Å². The number of rotatable bonds is 2. The van der Waals surface area contributed by atoms with Crippen LogP contribution in [0.3, 0.4) is 0 Å². The third-order valence-electron chi connectivity index (χ3n) is 6.55. The lowest BCUT2D eigenvalue weighted by molar-refractivity contribution is -0.140. The summed E-state index contributed by atoms with van der Waals surface area (Å²) in [5.74, 6) is 0.245. The van der Waals surface area contributed by atoms with Crippen molar-refractivity contribution < 1.29 is 24.1 Å². The van der Waals surface area contributed by atoms with Gasteiger partial charge in [-0.2, -0.15) is 0 Å². The van der Waals surface area contributed by atoms with Gasteiger partial charge in [0, 0.05) is 26.3 Å². The fraction of sp³-hybridized carbons (Fsp3) is 0.650. The molecule has 1 amide bonds. The molecular formula is C20H26FNO4. The predicted molar refractivity (Wildman–Crippen MR) is 92.9 cm³/mol. The van der Waals surface area contributed by atoms with E-state index >= 15 is 0 Å². The van der Waals surface area contributed by atoms with Gasteiger partial charge in [-0.1, -0.05) is 12.1 Å². The Bertz CT molecular complexity index is 640. The van der Waals surface area contributed by atoms with E-state index in [-0.39, 0.29) is 23.6 Å². The molecule has 1 saturated carbocycles. The van der Waals surface area contributed by atoms with Crippen molar-refractivity contribution in [1.29, 1.82) is 0 Å². The number of carbonyl (C=O) groups excluding carboxylic acids is 1.